The van der Waals surface area contributed by atoms with E-state index in [0.29, 0.717) is 13.0 Å². The van der Waals surface area contributed by atoms with E-state index >= 15 is 0 Å². The Labute approximate surface area is 157 Å². The Morgan fingerprint density at radius 2 is 1.81 bits per heavy atom. The van der Waals surface area contributed by atoms with Crippen LogP contribution in [0.1, 0.15) is 56.9 Å². The fourth-order valence-electron chi connectivity index (χ4n) is 4.35. The zero-order valence-electron chi connectivity index (χ0n) is 15.8. The van der Waals surface area contributed by atoms with Gasteiger partial charge in [-0.05, 0) is 37.2 Å². The zero-order chi connectivity index (χ0) is 18.2. The van der Waals surface area contributed by atoms with Crippen molar-refractivity contribution in [1.29, 1.82) is 0 Å². The molecule has 1 atom stereocenters. The van der Waals surface area contributed by atoms with Crippen LogP contribution in [-0.2, 0) is 16.0 Å². The SMILES string of the molecule is O=C(NCCCC1CCCC1)C1CCCN(C(=O)Cc2ccccc2)C1. The third-order valence-corrected chi connectivity index (χ3v) is 5.91. The van der Waals surface area contributed by atoms with Crippen LogP contribution in [0.4, 0.5) is 0 Å². The maximum absolute atomic E-state index is 12.5. The van der Waals surface area contributed by atoms with Gasteiger partial charge >= 0.3 is 0 Å². The van der Waals surface area contributed by atoms with Crippen LogP contribution in [0, 0.1) is 11.8 Å². The molecule has 1 aromatic carbocycles. The van der Waals surface area contributed by atoms with E-state index in [4.69, 9.17) is 0 Å². The van der Waals surface area contributed by atoms with Gasteiger partial charge in [0.15, 0.2) is 0 Å². The molecule has 3 rings (SSSR count). The van der Waals surface area contributed by atoms with Crippen molar-refractivity contribution in [2.24, 2.45) is 11.8 Å². The predicted octanol–water partition coefficient (Wildman–Crippen LogP) is 3.55. The van der Waals surface area contributed by atoms with Gasteiger partial charge in [0, 0.05) is 19.6 Å². The lowest BCUT2D eigenvalue weighted by molar-refractivity contribution is -0.135. The highest BCUT2D eigenvalue weighted by Crippen LogP contribution is 2.28. The maximum Gasteiger partial charge on any atom is 0.227 e. The highest BCUT2D eigenvalue weighted by molar-refractivity contribution is 5.82. The molecular formula is C22H32N2O2. The number of hydrogen-bond donors (Lipinski definition) is 1. The highest BCUT2D eigenvalue weighted by atomic mass is 16.2. The average Bonchev–Trinajstić information content (AvgIpc) is 3.19. The second kappa shape index (κ2) is 9.75. The van der Waals surface area contributed by atoms with E-state index in [1.165, 1.54) is 32.1 Å². The Morgan fingerprint density at radius 1 is 1.04 bits per heavy atom. The topological polar surface area (TPSA) is 49.4 Å². The molecule has 0 spiro atoms. The molecule has 1 heterocycles. The van der Waals surface area contributed by atoms with Crippen LogP contribution in [0.2, 0.25) is 0 Å². The number of amides is 2. The third kappa shape index (κ3) is 5.58. The molecule has 0 bridgehead atoms. The van der Waals surface area contributed by atoms with Crippen LogP contribution in [0.5, 0.6) is 0 Å². The van der Waals surface area contributed by atoms with Gasteiger partial charge in [-0.2, -0.15) is 0 Å². The molecule has 4 heteroatoms. The summed E-state index contributed by atoms with van der Waals surface area (Å²) in [5.41, 5.74) is 1.04. The van der Waals surface area contributed by atoms with E-state index in [2.05, 4.69) is 5.32 Å². The summed E-state index contributed by atoms with van der Waals surface area (Å²) in [6.45, 7) is 2.13. The van der Waals surface area contributed by atoms with Crippen molar-refractivity contribution in [1.82, 2.24) is 10.2 Å². The second-order valence-corrected chi connectivity index (χ2v) is 7.93. The smallest absolute Gasteiger partial charge is 0.227 e. The molecule has 4 nitrogen and oxygen atoms in total. The number of carbonyl (C=O) groups is 2. The normalized spacial score (nSPS) is 20.9. The Morgan fingerprint density at radius 3 is 2.58 bits per heavy atom. The molecule has 0 aromatic heterocycles. The summed E-state index contributed by atoms with van der Waals surface area (Å²) in [6, 6.07) is 9.84. The van der Waals surface area contributed by atoms with Gasteiger partial charge in [-0.25, -0.2) is 0 Å². The number of rotatable bonds is 7. The largest absolute Gasteiger partial charge is 0.356 e. The van der Waals surface area contributed by atoms with Gasteiger partial charge in [0.05, 0.1) is 12.3 Å². The lowest BCUT2D eigenvalue weighted by atomic mass is 9.96. The van der Waals surface area contributed by atoms with Crippen LogP contribution in [0.15, 0.2) is 30.3 Å². The minimum atomic E-state index is -0.0463. The van der Waals surface area contributed by atoms with Crippen LogP contribution in [0.3, 0.4) is 0 Å². The van der Waals surface area contributed by atoms with E-state index in [9.17, 15) is 9.59 Å². The number of likely N-dealkylation sites (tertiary alicyclic amines) is 1. The van der Waals surface area contributed by atoms with Crippen molar-refractivity contribution < 1.29 is 9.59 Å². The van der Waals surface area contributed by atoms with Crippen molar-refractivity contribution in [3.63, 3.8) is 0 Å². The fraction of sp³-hybridized carbons (Fsp3) is 0.636. The van der Waals surface area contributed by atoms with Crippen LogP contribution < -0.4 is 5.32 Å². The van der Waals surface area contributed by atoms with Crippen molar-refractivity contribution in [3.05, 3.63) is 35.9 Å². The Hall–Kier alpha value is -1.84. The van der Waals surface area contributed by atoms with Gasteiger partial charge in [-0.15, -0.1) is 0 Å². The van der Waals surface area contributed by atoms with Crippen LogP contribution >= 0.6 is 0 Å². The first-order valence-corrected chi connectivity index (χ1v) is 10.3. The van der Waals surface area contributed by atoms with Gasteiger partial charge in [0.25, 0.3) is 0 Å². The number of benzene rings is 1. The zero-order valence-corrected chi connectivity index (χ0v) is 15.8. The summed E-state index contributed by atoms with van der Waals surface area (Å²) >= 11 is 0. The summed E-state index contributed by atoms with van der Waals surface area (Å²) < 4.78 is 0. The lowest BCUT2D eigenvalue weighted by Crippen LogP contribution is -2.46. The first-order chi connectivity index (χ1) is 12.7. The van der Waals surface area contributed by atoms with Gasteiger partial charge in [0.1, 0.15) is 0 Å². The summed E-state index contributed by atoms with van der Waals surface area (Å²) in [7, 11) is 0. The Kier molecular flexibility index (Phi) is 7.10. The molecule has 1 saturated carbocycles. The molecule has 0 radical (unpaired) electrons. The molecule has 1 aromatic rings. The van der Waals surface area contributed by atoms with E-state index in [-0.39, 0.29) is 17.7 Å². The van der Waals surface area contributed by atoms with E-state index in [1.54, 1.807) is 0 Å². The first kappa shape index (κ1) is 18.9. The molecular weight excluding hydrogens is 324 g/mol. The minimum Gasteiger partial charge on any atom is -0.356 e. The summed E-state index contributed by atoms with van der Waals surface area (Å²) in [5, 5.41) is 3.11. The third-order valence-electron chi connectivity index (χ3n) is 5.91. The van der Waals surface area contributed by atoms with Gasteiger partial charge in [-0.1, -0.05) is 56.0 Å². The second-order valence-electron chi connectivity index (χ2n) is 7.93. The van der Waals surface area contributed by atoms with E-state index < -0.39 is 0 Å². The van der Waals surface area contributed by atoms with Crippen molar-refractivity contribution >= 4 is 11.8 Å². The van der Waals surface area contributed by atoms with Crippen molar-refractivity contribution in [3.8, 4) is 0 Å². The average molecular weight is 357 g/mol. The Bertz CT molecular complexity index is 581. The number of nitrogens with one attached hydrogen (secondary N) is 1. The van der Waals surface area contributed by atoms with Gasteiger partial charge in [0.2, 0.25) is 11.8 Å². The monoisotopic (exact) mass is 356 g/mol. The molecule has 1 aliphatic carbocycles. The molecule has 26 heavy (non-hydrogen) atoms. The molecule has 1 aliphatic heterocycles. The van der Waals surface area contributed by atoms with Crippen molar-refractivity contribution in [2.45, 2.75) is 57.8 Å². The standard InChI is InChI=1S/C22H32N2O2/c25-21(16-19-10-2-1-3-11-19)24-15-7-13-20(17-24)22(26)23-14-6-12-18-8-4-5-9-18/h1-3,10-11,18,20H,4-9,12-17H2,(H,23,26). The van der Waals surface area contributed by atoms with Gasteiger partial charge in [-0.3, -0.25) is 9.59 Å². The summed E-state index contributed by atoms with van der Waals surface area (Å²) in [4.78, 5) is 26.9. The maximum atomic E-state index is 12.5. The molecule has 2 amide bonds. The molecule has 1 N–H and O–H groups in total. The number of hydrogen-bond acceptors (Lipinski definition) is 2. The lowest BCUT2D eigenvalue weighted by Gasteiger charge is -2.32. The first-order valence-electron chi connectivity index (χ1n) is 10.3. The van der Waals surface area contributed by atoms with Crippen LogP contribution in [0.25, 0.3) is 0 Å². The summed E-state index contributed by atoms with van der Waals surface area (Å²) in [6.07, 6.45) is 10.1. The molecule has 1 saturated heterocycles. The van der Waals surface area contributed by atoms with Crippen molar-refractivity contribution in [2.75, 3.05) is 19.6 Å². The fourth-order valence-corrected chi connectivity index (χ4v) is 4.35. The predicted molar refractivity (Wildman–Crippen MR) is 104 cm³/mol. The number of nitrogens with zero attached hydrogens (tertiary/aromatic N) is 1. The molecule has 142 valence electrons. The van der Waals surface area contributed by atoms with E-state index in [1.807, 2.05) is 35.2 Å². The highest BCUT2D eigenvalue weighted by Gasteiger charge is 2.28. The molecule has 2 fully saturated rings. The number of piperidine rings is 1. The molecule has 1 unspecified atom stereocenters. The summed E-state index contributed by atoms with van der Waals surface area (Å²) in [5.74, 6) is 1.10. The van der Waals surface area contributed by atoms with E-state index in [0.717, 1.165) is 43.8 Å². The molecule has 2 aliphatic rings. The van der Waals surface area contributed by atoms with Gasteiger partial charge < -0.3 is 10.2 Å². The quantitative estimate of drug-likeness (QED) is 0.760. The minimum absolute atomic E-state index is 0.0463. The van der Waals surface area contributed by atoms with Crippen LogP contribution in [-0.4, -0.2) is 36.3 Å². The Balaban J connectivity index is 1.39. The number of carbonyl (C=O) groups excluding carboxylic acids is 2.